The maximum atomic E-state index is 11.9. The molecule has 0 aliphatic rings. The summed E-state index contributed by atoms with van der Waals surface area (Å²) in [5, 5.41) is 13.2. The first-order chi connectivity index (χ1) is 9.93. The number of carbonyl (C=O) groups excluding carboxylic acids is 2. The molecule has 0 saturated heterocycles. The molecule has 3 N–H and O–H groups in total. The van der Waals surface area contributed by atoms with E-state index in [1.807, 2.05) is 0 Å². The van der Waals surface area contributed by atoms with Crippen molar-refractivity contribution >= 4 is 17.5 Å². The van der Waals surface area contributed by atoms with Gasteiger partial charge in [-0.15, -0.1) is 6.58 Å². The van der Waals surface area contributed by atoms with Gasteiger partial charge in [-0.3, -0.25) is 19.7 Å². The monoisotopic (exact) mass is 291 g/mol. The lowest BCUT2D eigenvalue weighted by molar-refractivity contribution is -0.384. The number of non-ortho nitro benzene ring substituents is 1. The molecule has 0 aromatic heterocycles. The van der Waals surface area contributed by atoms with Crippen molar-refractivity contribution in [1.82, 2.24) is 5.32 Å². The molecular formula is C14H17N3O4. The normalized spacial score (nSPS) is 11.4. The minimum atomic E-state index is -0.769. The predicted octanol–water partition coefficient (Wildman–Crippen LogP) is 1.07. The molecule has 0 aliphatic carbocycles. The van der Waals surface area contributed by atoms with Crippen LogP contribution in [0.4, 0.5) is 5.69 Å². The molecule has 1 rings (SSSR count). The fraction of sp³-hybridized carbons (Fsp3) is 0.286. The number of hydrogen-bond acceptors (Lipinski definition) is 4. The van der Waals surface area contributed by atoms with Crippen molar-refractivity contribution < 1.29 is 14.5 Å². The van der Waals surface area contributed by atoms with E-state index in [-0.39, 0.29) is 12.1 Å². The van der Waals surface area contributed by atoms with E-state index in [1.54, 1.807) is 12.1 Å². The van der Waals surface area contributed by atoms with Crippen LogP contribution < -0.4 is 11.1 Å². The molecule has 0 unspecified atom stereocenters. The van der Waals surface area contributed by atoms with E-state index < -0.39 is 22.8 Å². The average Bonchev–Trinajstić information content (AvgIpc) is 2.43. The van der Waals surface area contributed by atoms with Gasteiger partial charge >= 0.3 is 0 Å². The first kappa shape index (κ1) is 16.4. The van der Waals surface area contributed by atoms with Gasteiger partial charge in [0.05, 0.1) is 11.3 Å². The van der Waals surface area contributed by atoms with Gasteiger partial charge in [0.25, 0.3) is 5.69 Å². The lowest BCUT2D eigenvalue weighted by Crippen LogP contribution is -2.44. The van der Waals surface area contributed by atoms with Gasteiger partial charge in [0, 0.05) is 12.1 Å². The second kappa shape index (κ2) is 7.78. The minimum absolute atomic E-state index is 0.0560. The highest BCUT2D eigenvalue weighted by molar-refractivity contribution is 5.87. The molecule has 7 nitrogen and oxygen atoms in total. The maximum Gasteiger partial charge on any atom is 0.269 e. The van der Waals surface area contributed by atoms with E-state index in [4.69, 9.17) is 5.73 Å². The number of carbonyl (C=O) groups is 2. The highest BCUT2D eigenvalue weighted by atomic mass is 16.6. The summed E-state index contributed by atoms with van der Waals surface area (Å²) in [4.78, 5) is 33.2. The molecule has 0 heterocycles. The Balaban J connectivity index is 2.67. The number of hydrogen-bond donors (Lipinski definition) is 2. The second-order valence-electron chi connectivity index (χ2n) is 4.49. The van der Waals surface area contributed by atoms with Crippen LogP contribution >= 0.6 is 0 Å². The van der Waals surface area contributed by atoms with Gasteiger partial charge in [-0.1, -0.05) is 18.2 Å². The fourth-order valence-electron chi connectivity index (χ4n) is 1.78. The van der Waals surface area contributed by atoms with Crippen LogP contribution in [-0.4, -0.2) is 22.8 Å². The van der Waals surface area contributed by atoms with Crippen LogP contribution in [0.1, 0.15) is 18.4 Å². The Morgan fingerprint density at radius 3 is 2.76 bits per heavy atom. The summed E-state index contributed by atoms with van der Waals surface area (Å²) < 4.78 is 0. The molecular weight excluding hydrogens is 274 g/mol. The average molecular weight is 291 g/mol. The summed E-state index contributed by atoms with van der Waals surface area (Å²) in [5.74, 6) is -1.03. The Kier molecular flexibility index (Phi) is 6.06. The molecule has 0 bridgehead atoms. The Morgan fingerprint density at radius 1 is 1.48 bits per heavy atom. The van der Waals surface area contributed by atoms with Gasteiger partial charge in [-0.05, 0) is 18.4 Å². The van der Waals surface area contributed by atoms with Crippen LogP contribution in [0.3, 0.4) is 0 Å². The molecule has 1 aromatic rings. The zero-order valence-electron chi connectivity index (χ0n) is 11.5. The van der Waals surface area contributed by atoms with Crippen molar-refractivity contribution in [3.8, 4) is 0 Å². The van der Waals surface area contributed by atoms with Gasteiger partial charge in [-0.25, -0.2) is 0 Å². The molecule has 1 atom stereocenters. The number of rotatable bonds is 8. The summed E-state index contributed by atoms with van der Waals surface area (Å²) in [6.07, 6.45) is 2.49. The Hall–Kier alpha value is -2.70. The molecule has 21 heavy (non-hydrogen) atoms. The molecule has 0 saturated carbocycles. The molecule has 0 radical (unpaired) electrons. The lowest BCUT2D eigenvalue weighted by atomic mass is 10.1. The summed E-state index contributed by atoms with van der Waals surface area (Å²) in [7, 11) is 0. The molecule has 112 valence electrons. The summed E-state index contributed by atoms with van der Waals surface area (Å²) in [6.45, 7) is 3.54. The van der Waals surface area contributed by atoms with Gasteiger partial charge < -0.3 is 11.1 Å². The number of nitro groups is 1. The van der Waals surface area contributed by atoms with E-state index in [2.05, 4.69) is 11.9 Å². The van der Waals surface area contributed by atoms with Crippen LogP contribution in [-0.2, 0) is 16.0 Å². The maximum absolute atomic E-state index is 11.9. The molecule has 0 aliphatic heterocycles. The predicted molar refractivity (Wildman–Crippen MR) is 77.4 cm³/mol. The van der Waals surface area contributed by atoms with Crippen molar-refractivity contribution in [2.24, 2.45) is 5.73 Å². The Bertz CT molecular complexity index is 557. The standard InChI is InChI=1S/C14H17N3O4/c1-2-3-7-12(14(15)19)16-13(18)9-10-5-4-6-11(8-10)17(20)21/h2,4-6,8,12H,1,3,7,9H2,(H2,15,19)(H,16,18)/t12-/m1/s1. The number of nitrogens with two attached hydrogens (primary N) is 1. The lowest BCUT2D eigenvalue weighted by Gasteiger charge is -2.14. The van der Waals surface area contributed by atoms with Gasteiger partial charge in [-0.2, -0.15) is 0 Å². The third-order valence-corrected chi connectivity index (χ3v) is 2.82. The molecule has 0 spiro atoms. The topological polar surface area (TPSA) is 115 Å². The van der Waals surface area contributed by atoms with Crippen LogP contribution in [0.2, 0.25) is 0 Å². The summed E-state index contributed by atoms with van der Waals surface area (Å²) >= 11 is 0. The van der Waals surface area contributed by atoms with Crippen LogP contribution in [0.5, 0.6) is 0 Å². The molecule has 2 amide bonds. The van der Waals surface area contributed by atoms with Gasteiger partial charge in [0.1, 0.15) is 6.04 Å². The highest BCUT2D eigenvalue weighted by Crippen LogP contribution is 2.13. The van der Waals surface area contributed by atoms with E-state index in [9.17, 15) is 19.7 Å². The Labute approximate surface area is 122 Å². The van der Waals surface area contributed by atoms with Crippen molar-refractivity contribution in [3.63, 3.8) is 0 Å². The van der Waals surface area contributed by atoms with Crippen LogP contribution in [0.25, 0.3) is 0 Å². The van der Waals surface area contributed by atoms with E-state index in [0.29, 0.717) is 18.4 Å². The minimum Gasteiger partial charge on any atom is -0.368 e. The van der Waals surface area contributed by atoms with E-state index >= 15 is 0 Å². The first-order valence-electron chi connectivity index (χ1n) is 6.37. The van der Waals surface area contributed by atoms with Crippen LogP contribution in [0.15, 0.2) is 36.9 Å². The largest absolute Gasteiger partial charge is 0.368 e. The molecule has 1 aromatic carbocycles. The van der Waals surface area contributed by atoms with E-state index in [1.165, 1.54) is 18.2 Å². The SMILES string of the molecule is C=CCC[C@@H](NC(=O)Cc1cccc([N+](=O)[O-])c1)C(N)=O. The number of primary amides is 1. The number of amides is 2. The zero-order valence-corrected chi connectivity index (χ0v) is 11.5. The van der Waals surface area contributed by atoms with Crippen molar-refractivity contribution in [1.29, 1.82) is 0 Å². The number of nitro benzene ring substituents is 1. The number of nitrogens with one attached hydrogen (secondary N) is 1. The quantitative estimate of drug-likeness (QED) is 0.423. The second-order valence-corrected chi connectivity index (χ2v) is 4.49. The third kappa shape index (κ3) is 5.43. The van der Waals surface area contributed by atoms with Crippen molar-refractivity contribution in [2.75, 3.05) is 0 Å². The van der Waals surface area contributed by atoms with E-state index in [0.717, 1.165) is 0 Å². The van der Waals surface area contributed by atoms with Gasteiger partial charge in [0.15, 0.2) is 0 Å². The summed E-state index contributed by atoms with van der Waals surface area (Å²) in [6, 6.07) is 5.01. The third-order valence-electron chi connectivity index (χ3n) is 2.82. The Morgan fingerprint density at radius 2 is 2.19 bits per heavy atom. The number of nitrogens with zero attached hydrogens (tertiary/aromatic N) is 1. The number of allylic oxidation sites excluding steroid dienone is 1. The highest BCUT2D eigenvalue weighted by Gasteiger charge is 2.17. The molecule has 0 fully saturated rings. The van der Waals surface area contributed by atoms with Crippen molar-refractivity contribution in [3.05, 3.63) is 52.6 Å². The summed E-state index contributed by atoms with van der Waals surface area (Å²) in [5.41, 5.74) is 5.62. The molecule has 7 heteroatoms. The smallest absolute Gasteiger partial charge is 0.269 e. The number of benzene rings is 1. The zero-order chi connectivity index (χ0) is 15.8. The van der Waals surface area contributed by atoms with Gasteiger partial charge in [0.2, 0.25) is 11.8 Å². The first-order valence-corrected chi connectivity index (χ1v) is 6.37. The van der Waals surface area contributed by atoms with Crippen molar-refractivity contribution in [2.45, 2.75) is 25.3 Å². The fourth-order valence-corrected chi connectivity index (χ4v) is 1.78. The van der Waals surface area contributed by atoms with Crippen LogP contribution in [0, 0.1) is 10.1 Å².